The van der Waals surface area contributed by atoms with Gasteiger partial charge in [-0.1, -0.05) is 18.2 Å². The van der Waals surface area contributed by atoms with E-state index in [1.165, 1.54) is 49.5 Å². The Hall–Kier alpha value is -2.68. The molecule has 0 radical (unpaired) electrons. The summed E-state index contributed by atoms with van der Waals surface area (Å²) in [6, 6.07) is 11.0. The van der Waals surface area contributed by atoms with Crippen molar-refractivity contribution in [2.45, 2.75) is 19.3 Å². The minimum absolute atomic E-state index is 1.02. The number of nitrogens with zero attached hydrogens (tertiary/aromatic N) is 3. The fraction of sp³-hybridized carbons (Fsp3) is 0.158. The van der Waals surface area contributed by atoms with E-state index in [9.17, 15) is 0 Å². The lowest BCUT2D eigenvalue weighted by Crippen LogP contribution is -2.02. The van der Waals surface area contributed by atoms with Crippen LogP contribution >= 0.6 is 0 Å². The van der Waals surface area contributed by atoms with Crippen LogP contribution in [0.2, 0.25) is 0 Å². The topological polar surface area (TPSA) is 30.2 Å². The lowest BCUT2D eigenvalue weighted by Gasteiger charge is -2.10. The third kappa shape index (κ3) is 1.08. The fourth-order valence-corrected chi connectivity index (χ4v) is 4.27. The molecule has 1 aliphatic heterocycles. The van der Waals surface area contributed by atoms with Crippen LogP contribution in [0.4, 0.5) is 0 Å². The van der Waals surface area contributed by atoms with Crippen LogP contribution in [0, 0.1) is 0 Å². The molecule has 0 fully saturated rings. The summed E-state index contributed by atoms with van der Waals surface area (Å²) in [5.74, 6) is 0. The van der Waals surface area contributed by atoms with E-state index in [1.807, 2.05) is 12.4 Å². The Bertz CT molecular complexity index is 1110. The highest BCUT2D eigenvalue weighted by Gasteiger charge is 2.22. The van der Waals surface area contributed by atoms with Crippen molar-refractivity contribution in [1.29, 1.82) is 0 Å². The number of rotatable bonds is 0. The Balaban J connectivity index is 2.13. The van der Waals surface area contributed by atoms with Crippen LogP contribution in [0.1, 0.15) is 17.8 Å². The fourth-order valence-electron chi connectivity index (χ4n) is 4.27. The van der Waals surface area contributed by atoms with Crippen molar-refractivity contribution in [2.75, 3.05) is 0 Å². The Labute approximate surface area is 126 Å². The first kappa shape index (κ1) is 11.0. The Kier molecular flexibility index (Phi) is 1.77. The molecule has 3 nitrogen and oxygen atoms in total. The average molecular weight is 283 g/mol. The molecule has 0 unspecified atom stereocenters. The van der Waals surface area contributed by atoms with Gasteiger partial charge in [0.15, 0.2) is 0 Å². The van der Waals surface area contributed by atoms with Gasteiger partial charge >= 0.3 is 0 Å². The SMILES string of the molecule is c1cc2c3ccnc4c3n3c5c(nccc5c(c1)c23)CCC4. The van der Waals surface area contributed by atoms with E-state index < -0.39 is 0 Å². The van der Waals surface area contributed by atoms with Crippen molar-refractivity contribution in [3.8, 4) is 0 Å². The van der Waals surface area contributed by atoms with Gasteiger partial charge < -0.3 is 4.40 Å². The van der Waals surface area contributed by atoms with Crippen LogP contribution in [0.25, 0.3) is 38.1 Å². The summed E-state index contributed by atoms with van der Waals surface area (Å²) in [5.41, 5.74) is 6.36. The van der Waals surface area contributed by atoms with Gasteiger partial charge in [-0.05, 0) is 31.4 Å². The van der Waals surface area contributed by atoms with Gasteiger partial charge in [-0.15, -0.1) is 0 Å². The second kappa shape index (κ2) is 3.55. The molecule has 0 saturated carbocycles. The molecule has 0 bridgehead atoms. The number of pyridine rings is 2. The minimum atomic E-state index is 1.02. The largest absolute Gasteiger partial charge is 0.304 e. The van der Waals surface area contributed by atoms with Gasteiger partial charge in [0.25, 0.3) is 0 Å². The first-order valence-electron chi connectivity index (χ1n) is 7.83. The third-order valence-electron chi connectivity index (χ3n) is 5.11. The van der Waals surface area contributed by atoms with Crippen molar-refractivity contribution in [2.24, 2.45) is 0 Å². The molecule has 0 aliphatic carbocycles. The molecule has 104 valence electrons. The number of para-hydroxylation sites is 1. The predicted octanol–water partition coefficient (Wildman–Crippen LogP) is 4.12. The number of benzene rings is 1. The second-order valence-corrected chi connectivity index (χ2v) is 6.20. The van der Waals surface area contributed by atoms with E-state index in [2.05, 4.69) is 44.7 Å². The molecule has 4 aromatic heterocycles. The van der Waals surface area contributed by atoms with Gasteiger partial charge in [0.05, 0.1) is 27.9 Å². The first-order valence-corrected chi connectivity index (χ1v) is 7.83. The molecular formula is C19H13N3. The van der Waals surface area contributed by atoms with Gasteiger partial charge in [0, 0.05) is 33.9 Å². The second-order valence-electron chi connectivity index (χ2n) is 6.20. The summed E-state index contributed by atoms with van der Waals surface area (Å²) in [6.45, 7) is 0. The molecule has 5 aromatic rings. The Morgan fingerprint density at radius 2 is 1.23 bits per heavy atom. The molecular weight excluding hydrogens is 270 g/mol. The molecule has 5 heterocycles. The number of hydrogen-bond acceptors (Lipinski definition) is 2. The Morgan fingerprint density at radius 3 is 1.82 bits per heavy atom. The maximum atomic E-state index is 4.68. The Morgan fingerprint density at radius 1 is 0.682 bits per heavy atom. The van der Waals surface area contributed by atoms with Crippen LogP contribution in [0.5, 0.6) is 0 Å². The lowest BCUT2D eigenvalue weighted by molar-refractivity contribution is 0.782. The lowest BCUT2D eigenvalue weighted by atomic mass is 10.0. The summed E-state index contributed by atoms with van der Waals surface area (Å²) in [7, 11) is 0. The molecule has 6 rings (SSSR count). The van der Waals surface area contributed by atoms with Gasteiger partial charge in [-0.3, -0.25) is 9.97 Å². The normalized spacial score (nSPS) is 14.7. The molecule has 3 heteroatoms. The summed E-state index contributed by atoms with van der Waals surface area (Å²) < 4.78 is 2.43. The molecule has 0 N–H and O–H groups in total. The van der Waals surface area contributed by atoms with Gasteiger partial charge in [-0.2, -0.15) is 0 Å². The highest BCUT2D eigenvalue weighted by molar-refractivity contribution is 6.23. The van der Waals surface area contributed by atoms with Gasteiger partial charge in [-0.25, -0.2) is 0 Å². The maximum Gasteiger partial charge on any atom is 0.0758 e. The summed E-state index contributed by atoms with van der Waals surface area (Å²) in [6.07, 6.45) is 7.08. The quantitative estimate of drug-likeness (QED) is 0.428. The number of aryl methyl sites for hydroxylation is 2. The summed E-state index contributed by atoms with van der Waals surface area (Å²) in [4.78, 5) is 9.37. The molecule has 0 atom stereocenters. The number of hydrogen-bond donors (Lipinski definition) is 0. The minimum Gasteiger partial charge on any atom is -0.304 e. The van der Waals surface area contributed by atoms with Crippen LogP contribution in [0.15, 0.2) is 42.7 Å². The highest BCUT2D eigenvalue weighted by Crippen LogP contribution is 2.41. The van der Waals surface area contributed by atoms with Crippen LogP contribution < -0.4 is 0 Å². The van der Waals surface area contributed by atoms with Crippen molar-refractivity contribution in [3.63, 3.8) is 0 Å². The molecule has 0 spiro atoms. The van der Waals surface area contributed by atoms with Gasteiger partial charge in [0.1, 0.15) is 0 Å². The third-order valence-corrected chi connectivity index (χ3v) is 5.11. The van der Waals surface area contributed by atoms with Crippen LogP contribution in [-0.4, -0.2) is 14.4 Å². The van der Waals surface area contributed by atoms with E-state index in [0.717, 1.165) is 19.3 Å². The van der Waals surface area contributed by atoms with E-state index in [1.54, 1.807) is 0 Å². The van der Waals surface area contributed by atoms with E-state index in [4.69, 9.17) is 0 Å². The number of aromatic nitrogens is 3. The van der Waals surface area contributed by atoms with Crippen molar-refractivity contribution in [1.82, 2.24) is 14.4 Å². The standard InChI is InChI=1S/C19H13N3/c1-3-11-13-7-9-20-15-5-2-6-16-19-14(8-10-21-16)12(4-1)17(11)22(19)18(13)15/h1,3-4,7-10H,2,5-6H2. The average Bonchev–Trinajstić information content (AvgIpc) is 3.05. The molecule has 1 aliphatic rings. The van der Waals surface area contributed by atoms with Crippen molar-refractivity contribution in [3.05, 3.63) is 54.1 Å². The zero-order valence-corrected chi connectivity index (χ0v) is 12.0. The van der Waals surface area contributed by atoms with Crippen LogP contribution in [0.3, 0.4) is 0 Å². The zero-order chi connectivity index (χ0) is 14.3. The highest BCUT2D eigenvalue weighted by atomic mass is 15.0. The molecule has 0 saturated heterocycles. The first-order chi connectivity index (χ1) is 10.9. The van der Waals surface area contributed by atoms with Gasteiger partial charge in [0.2, 0.25) is 0 Å². The zero-order valence-electron chi connectivity index (χ0n) is 12.0. The summed E-state index contributed by atoms with van der Waals surface area (Å²) in [5, 5.41) is 5.31. The van der Waals surface area contributed by atoms with E-state index >= 15 is 0 Å². The molecule has 0 amide bonds. The van der Waals surface area contributed by atoms with E-state index in [-0.39, 0.29) is 0 Å². The van der Waals surface area contributed by atoms with Crippen molar-refractivity contribution < 1.29 is 0 Å². The smallest absolute Gasteiger partial charge is 0.0758 e. The monoisotopic (exact) mass is 283 g/mol. The van der Waals surface area contributed by atoms with Crippen molar-refractivity contribution >= 4 is 38.1 Å². The predicted molar refractivity (Wildman–Crippen MR) is 88.7 cm³/mol. The van der Waals surface area contributed by atoms with E-state index in [0.29, 0.717) is 0 Å². The van der Waals surface area contributed by atoms with Crippen LogP contribution in [-0.2, 0) is 12.8 Å². The number of fused-ring (bicyclic) bond motifs is 2. The molecule has 1 aromatic carbocycles. The summed E-state index contributed by atoms with van der Waals surface area (Å²) >= 11 is 0. The molecule has 22 heavy (non-hydrogen) atoms. The maximum absolute atomic E-state index is 4.68.